The van der Waals surface area contributed by atoms with E-state index in [-0.39, 0.29) is 25.0 Å². The van der Waals surface area contributed by atoms with Crippen molar-refractivity contribution in [2.45, 2.75) is 13.5 Å². The highest BCUT2D eigenvalue weighted by molar-refractivity contribution is 7.15. The first-order valence-corrected chi connectivity index (χ1v) is 8.04. The van der Waals surface area contributed by atoms with Crippen molar-refractivity contribution in [3.05, 3.63) is 28.8 Å². The molecule has 0 radical (unpaired) electrons. The molecule has 1 aromatic carbocycles. The number of nitrogens with one attached hydrogen (secondary N) is 1. The molecular formula is C15H16N4O4S. The SMILES string of the molecule is COCc1nnc(NC(=O)CN2CC(=O)Oc3cc(C)ccc32)s1. The summed E-state index contributed by atoms with van der Waals surface area (Å²) in [6.45, 7) is 2.30. The van der Waals surface area contributed by atoms with Gasteiger partial charge in [-0.2, -0.15) is 0 Å². The average Bonchev–Trinajstić information content (AvgIpc) is 2.94. The summed E-state index contributed by atoms with van der Waals surface area (Å²) < 4.78 is 10.2. The van der Waals surface area contributed by atoms with Gasteiger partial charge in [0.2, 0.25) is 11.0 Å². The Morgan fingerprint density at radius 1 is 1.46 bits per heavy atom. The van der Waals surface area contributed by atoms with Crippen LogP contribution in [0.15, 0.2) is 18.2 Å². The number of hydrogen-bond donors (Lipinski definition) is 1. The van der Waals surface area contributed by atoms with Crippen molar-refractivity contribution in [2.24, 2.45) is 0 Å². The summed E-state index contributed by atoms with van der Waals surface area (Å²) in [5.74, 6) is -0.201. The first-order chi connectivity index (χ1) is 11.5. The first kappa shape index (κ1) is 16.3. The highest BCUT2D eigenvalue weighted by Crippen LogP contribution is 2.32. The molecule has 0 atom stereocenters. The number of anilines is 2. The largest absolute Gasteiger partial charge is 0.423 e. The van der Waals surface area contributed by atoms with E-state index in [0.29, 0.717) is 28.2 Å². The van der Waals surface area contributed by atoms with Gasteiger partial charge in [-0.3, -0.25) is 10.1 Å². The number of rotatable bonds is 5. The van der Waals surface area contributed by atoms with Crippen LogP contribution in [0.5, 0.6) is 5.75 Å². The van der Waals surface area contributed by atoms with Gasteiger partial charge >= 0.3 is 5.97 Å². The Bertz CT molecular complexity index is 777. The number of hydrogen-bond acceptors (Lipinski definition) is 8. The normalized spacial score (nSPS) is 13.4. The van der Waals surface area contributed by atoms with Gasteiger partial charge in [0.15, 0.2) is 5.75 Å². The van der Waals surface area contributed by atoms with E-state index >= 15 is 0 Å². The van der Waals surface area contributed by atoms with E-state index in [1.54, 1.807) is 18.1 Å². The van der Waals surface area contributed by atoms with Crippen LogP contribution in [-0.4, -0.2) is 42.3 Å². The molecule has 2 aromatic rings. The minimum atomic E-state index is -0.390. The summed E-state index contributed by atoms with van der Waals surface area (Å²) in [5, 5.41) is 11.5. The predicted octanol–water partition coefficient (Wildman–Crippen LogP) is 1.36. The van der Waals surface area contributed by atoms with Crippen molar-refractivity contribution >= 4 is 34.0 Å². The number of carbonyl (C=O) groups is 2. The van der Waals surface area contributed by atoms with Gasteiger partial charge in [0.05, 0.1) is 12.2 Å². The van der Waals surface area contributed by atoms with Gasteiger partial charge < -0.3 is 14.4 Å². The monoisotopic (exact) mass is 348 g/mol. The lowest BCUT2D eigenvalue weighted by molar-refractivity contribution is -0.133. The van der Waals surface area contributed by atoms with E-state index in [4.69, 9.17) is 9.47 Å². The fourth-order valence-corrected chi connectivity index (χ4v) is 3.05. The molecule has 1 aromatic heterocycles. The molecule has 0 saturated heterocycles. The highest BCUT2D eigenvalue weighted by atomic mass is 32.1. The zero-order valence-corrected chi connectivity index (χ0v) is 14.1. The molecule has 1 aliphatic heterocycles. The van der Waals surface area contributed by atoms with Crippen LogP contribution in [0.4, 0.5) is 10.8 Å². The third-order valence-electron chi connectivity index (χ3n) is 3.32. The standard InChI is InChI=1S/C15H16N4O4S/c1-9-3-4-10-11(5-9)23-14(21)7-19(10)6-12(20)16-15-18-17-13(24-15)8-22-2/h3-5H,6-8H2,1-2H3,(H,16,18,20). The Kier molecular flexibility index (Phi) is 4.72. The number of aryl methyl sites for hydroxylation is 1. The van der Waals surface area contributed by atoms with E-state index < -0.39 is 0 Å². The molecule has 8 nitrogen and oxygen atoms in total. The summed E-state index contributed by atoms with van der Waals surface area (Å²) in [4.78, 5) is 25.6. The van der Waals surface area contributed by atoms with Crippen LogP contribution in [0.1, 0.15) is 10.6 Å². The smallest absolute Gasteiger partial charge is 0.331 e. The third-order valence-corrected chi connectivity index (χ3v) is 4.13. The number of ether oxygens (including phenoxy) is 2. The van der Waals surface area contributed by atoms with Crippen LogP contribution >= 0.6 is 11.3 Å². The van der Waals surface area contributed by atoms with Gasteiger partial charge in [0.25, 0.3) is 0 Å². The van der Waals surface area contributed by atoms with E-state index in [1.807, 2.05) is 19.1 Å². The van der Waals surface area contributed by atoms with Crippen molar-refractivity contribution in [3.8, 4) is 5.75 Å². The Hall–Kier alpha value is -2.52. The first-order valence-electron chi connectivity index (χ1n) is 7.22. The Morgan fingerprint density at radius 3 is 3.08 bits per heavy atom. The molecule has 1 amide bonds. The number of benzene rings is 1. The zero-order valence-electron chi connectivity index (χ0n) is 13.2. The van der Waals surface area contributed by atoms with Crippen LogP contribution < -0.4 is 15.0 Å². The molecule has 0 fully saturated rings. The molecule has 0 saturated carbocycles. The van der Waals surface area contributed by atoms with Gasteiger partial charge in [-0.05, 0) is 24.6 Å². The van der Waals surface area contributed by atoms with Gasteiger partial charge in [0.1, 0.15) is 18.2 Å². The number of esters is 1. The summed E-state index contributed by atoms with van der Waals surface area (Å²) in [6, 6.07) is 5.52. The van der Waals surface area contributed by atoms with Gasteiger partial charge in [-0.1, -0.05) is 17.4 Å². The van der Waals surface area contributed by atoms with Gasteiger partial charge in [-0.15, -0.1) is 10.2 Å². The van der Waals surface area contributed by atoms with Crippen LogP contribution in [-0.2, 0) is 20.9 Å². The molecule has 0 aliphatic carbocycles. The van der Waals surface area contributed by atoms with Crippen LogP contribution in [0, 0.1) is 6.92 Å². The highest BCUT2D eigenvalue weighted by Gasteiger charge is 2.26. The molecule has 24 heavy (non-hydrogen) atoms. The second-order valence-corrected chi connectivity index (χ2v) is 6.35. The lowest BCUT2D eigenvalue weighted by Crippen LogP contribution is -2.41. The molecule has 9 heteroatoms. The molecular weight excluding hydrogens is 332 g/mol. The summed E-state index contributed by atoms with van der Waals surface area (Å²) in [7, 11) is 1.56. The minimum Gasteiger partial charge on any atom is -0.423 e. The number of nitrogens with zero attached hydrogens (tertiary/aromatic N) is 3. The lowest BCUT2D eigenvalue weighted by atomic mass is 10.1. The second kappa shape index (κ2) is 6.93. The molecule has 0 bridgehead atoms. The van der Waals surface area contributed by atoms with Crippen molar-refractivity contribution in [3.63, 3.8) is 0 Å². The zero-order chi connectivity index (χ0) is 17.1. The van der Waals surface area contributed by atoms with E-state index in [2.05, 4.69) is 15.5 Å². The Balaban J connectivity index is 1.69. The Labute approximate surface area is 142 Å². The molecule has 1 N–H and O–H groups in total. The van der Waals surface area contributed by atoms with Crippen molar-refractivity contribution in [1.82, 2.24) is 10.2 Å². The van der Waals surface area contributed by atoms with Crippen LogP contribution in [0.3, 0.4) is 0 Å². The number of carbonyl (C=O) groups excluding carboxylic acids is 2. The maximum Gasteiger partial charge on any atom is 0.331 e. The fourth-order valence-electron chi connectivity index (χ4n) is 2.32. The molecule has 0 unspecified atom stereocenters. The predicted molar refractivity (Wildman–Crippen MR) is 88.3 cm³/mol. The third kappa shape index (κ3) is 3.69. The van der Waals surface area contributed by atoms with Gasteiger partial charge in [0, 0.05) is 7.11 Å². The summed E-state index contributed by atoms with van der Waals surface area (Å²) in [5.41, 5.74) is 1.69. The lowest BCUT2D eigenvalue weighted by Gasteiger charge is -2.29. The Morgan fingerprint density at radius 2 is 2.29 bits per heavy atom. The number of methoxy groups -OCH3 is 1. The fraction of sp³-hybridized carbons (Fsp3) is 0.333. The van der Waals surface area contributed by atoms with E-state index in [1.165, 1.54) is 11.3 Å². The molecule has 0 spiro atoms. The van der Waals surface area contributed by atoms with Crippen molar-refractivity contribution < 1.29 is 19.1 Å². The quantitative estimate of drug-likeness (QED) is 0.644. The summed E-state index contributed by atoms with van der Waals surface area (Å²) in [6.07, 6.45) is 0. The number of aromatic nitrogens is 2. The maximum atomic E-state index is 12.2. The molecule has 3 rings (SSSR count). The van der Waals surface area contributed by atoms with Gasteiger partial charge in [-0.25, -0.2) is 4.79 Å². The van der Waals surface area contributed by atoms with Crippen molar-refractivity contribution in [1.29, 1.82) is 0 Å². The topological polar surface area (TPSA) is 93.7 Å². The number of fused-ring (bicyclic) bond motifs is 1. The molecule has 126 valence electrons. The molecule has 2 heterocycles. The maximum absolute atomic E-state index is 12.2. The average molecular weight is 348 g/mol. The molecule has 1 aliphatic rings. The van der Waals surface area contributed by atoms with Crippen molar-refractivity contribution in [2.75, 3.05) is 30.4 Å². The number of amides is 1. The van der Waals surface area contributed by atoms with E-state index in [9.17, 15) is 9.59 Å². The second-order valence-electron chi connectivity index (χ2n) is 5.28. The minimum absolute atomic E-state index is 0.0182. The van der Waals surface area contributed by atoms with E-state index in [0.717, 1.165) is 5.56 Å². The summed E-state index contributed by atoms with van der Waals surface area (Å²) >= 11 is 1.25. The van der Waals surface area contributed by atoms with Crippen LogP contribution in [0.25, 0.3) is 0 Å². The van der Waals surface area contributed by atoms with Crippen LogP contribution in [0.2, 0.25) is 0 Å².